The second-order valence-electron chi connectivity index (χ2n) is 8.97. The van der Waals surface area contributed by atoms with Gasteiger partial charge in [0.15, 0.2) is 0 Å². The Bertz CT molecular complexity index is 644. The summed E-state index contributed by atoms with van der Waals surface area (Å²) in [6, 6.07) is 11.0. The Morgan fingerprint density at radius 2 is 1.17 bits per heavy atom. The van der Waals surface area contributed by atoms with Gasteiger partial charge in [0.05, 0.1) is 18.7 Å². The maximum atomic E-state index is 2.49. The van der Waals surface area contributed by atoms with E-state index < -0.39 is 0 Å². The van der Waals surface area contributed by atoms with Crippen molar-refractivity contribution in [1.82, 2.24) is 4.57 Å². The van der Waals surface area contributed by atoms with Gasteiger partial charge in [0, 0.05) is 0 Å². The van der Waals surface area contributed by atoms with Crippen molar-refractivity contribution in [2.45, 2.75) is 123 Å². The molecule has 30 heavy (non-hydrogen) atoms. The Morgan fingerprint density at radius 1 is 0.633 bits per heavy atom. The van der Waals surface area contributed by atoms with Crippen LogP contribution in [0.3, 0.4) is 0 Å². The third kappa shape index (κ3) is 9.49. The molecule has 0 atom stereocenters. The van der Waals surface area contributed by atoms with Crippen LogP contribution in [0.2, 0.25) is 0 Å². The monoisotopic (exact) mass is 411 g/mol. The lowest BCUT2D eigenvalue weighted by Gasteiger charge is -2.06. The summed E-state index contributed by atoms with van der Waals surface area (Å²) in [5.74, 6) is 1.39. The number of rotatable bonds is 18. The number of aryl methyl sites for hydroxylation is 2. The van der Waals surface area contributed by atoms with Gasteiger partial charge in [0.25, 0.3) is 5.82 Å². The van der Waals surface area contributed by atoms with Crippen LogP contribution in [-0.4, -0.2) is 4.57 Å². The molecule has 168 valence electrons. The number of unbranched alkanes of at least 4 members (excludes halogenated alkanes) is 13. The molecule has 0 aliphatic carbocycles. The molecule has 0 N–H and O–H groups in total. The molecule has 1 heterocycles. The van der Waals surface area contributed by atoms with Gasteiger partial charge in [0.2, 0.25) is 0 Å². The summed E-state index contributed by atoms with van der Waals surface area (Å²) in [6.45, 7) is 6.86. The van der Waals surface area contributed by atoms with E-state index in [1.807, 2.05) is 0 Å². The molecular formula is C28H47N2+. The number of aromatic nitrogens is 2. The maximum Gasteiger partial charge on any atom is 0.288 e. The third-order valence-electron chi connectivity index (χ3n) is 6.26. The summed E-state index contributed by atoms with van der Waals surface area (Å²) in [7, 11) is 0. The maximum absolute atomic E-state index is 2.49. The van der Waals surface area contributed by atoms with Crippen molar-refractivity contribution in [3.8, 4) is 11.4 Å². The summed E-state index contributed by atoms with van der Waals surface area (Å²) in [5, 5.41) is 0. The van der Waals surface area contributed by atoms with Crippen LogP contribution in [0.15, 0.2) is 42.7 Å². The van der Waals surface area contributed by atoms with Crippen molar-refractivity contribution in [3.05, 3.63) is 42.7 Å². The van der Waals surface area contributed by atoms with Gasteiger partial charge in [-0.2, -0.15) is 0 Å². The molecule has 0 saturated carbocycles. The standard InChI is InChI=1S/C28H47N2/c1-3-5-7-9-10-11-12-13-14-15-20-24-30-26-25-29(23-19-8-6-4-2)28(30)27-21-17-16-18-22-27/h16-18,21-22,25-26H,3-15,19-20,23-24H2,1-2H3/q+1. The number of nitrogens with zero attached hydrogens (tertiary/aromatic N) is 2. The van der Waals surface area contributed by atoms with Crippen LogP contribution in [0.5, 0.6) is 0 Å². The smallest absolute Gasteiger partial charge is 0.230 e. The van der Waals surface area contributed by atoms with Crippen LogP contribution < -0.4 is 4.57 Å². The molecule has 2 nitrogen and oxygen atoms in total. The Balaban J connectivity index is 1.73. The quantitative estimate of drug-likeness (QED) is 0.172. The van der Waals surface area contributed by atoms with Gasteiger partial charge in [-0.3, -0.25) is 0 Å². The van der Waals surface area contributed by atoms with Crippen LogP contribution in [0.1, 0.15) is 110 Å². The first-order chi connectivity index (χ1) is 14.9. The fourth-order valence-corrected chi connectivity index (χ4v) is 4.40. The molecule has 0 fully saturated rings. The zero-order valence-electron chi connectivity index (χ0n) is 20.0. The van der Waals surface area contributed by atoms with Gasteiger partial charge in [-0.1, -0.05) is 103 Å². The van der Waals surface area contributed by atoms with Gasteiger partial charge in [0.1, 0.15) is 12.4 Å². The molecule has 1 aromatic heterocycles. The fourth-order valence-electron chi connectivity index (χ4n) is 4.40. The molecule has 2 heteroatoms. The summed E-state index contributed by atoms with van der Waals surface area (Å²) < 4.78 is 4.96. The van der Waals surface area contributed by atoms with Crippen molar-refractivity contribution in [2.24, 2.45) is 0 Å². The highest BCUT2D eigenvalue weighted by Gasteiger charge is 2.18. The van der Waals surface area contributed by atoms with Gasteiger partial charge in [-0.05, 0) is 37.8 Å². The average Bonchev–Trinajstić information content (AvgIpc) is 3.18. The zero-order chi connectivity index (χ0) is 21.3. The molecule has 2 aromatic rings. The minimum atomic E-state index is 1.13. The predicted octanol–water partition coefficient (Wildman–Crippen LogP) is 8.33. The van der Waals surface area contributed by atoms with Crippen LogP contribution in [0, 0.1) is 0 Å². The van der Waals surface area contributed by atoms with E-state index in [2.05, 4.69) is 65.7 Å². The third-order valence-corrected chi connectivity index (χ3v) is 6.26. The topological polar surface area (TPSA) is 8.81 Å². The van der Waals surface area contributed by atoms with E-state index in [1.165, 1.54) is 108 Å². The van der Waals surface area contributed by atoms with Crippen molar-refractivity contribution in [1.29, 1.82) is 0 Å². The minimum Gasteiger partial charge on any atom is -0.230 e. The lowest BCUT2D eigenvalue weighted by atomic mass is 10.1. The van der Waals surface area contributed by atoms with E-state index in [4.69, 9.17) is 0 Å². The van der Waals surface area contributed by atoms with Crippen LogP contribution in [0.4, 0.5) is 0 Å². The Kier molecular flexibility index (Phi) is 13.3. The van der Waals surface area contributed by atoms with Gasteiger partial charge in [-0.15, -0.1) is 0 Å². The number of hydrogen-bond acceptors (Lipinski definition) is 0. The van der Waals surface area contributed by atoms with Crippen molar-refractivity contribution in [3.63, 3.8) is 0 Å². The van der Waals surface area contributed by atoms with E-state index in [-0.39, 0.29) is 0 Å². The summed E-state index contributed by atoms with van der Waals surface area (Å²) >= 11 is 0. The molecule has 0 spiro atoms. The summed E-state index contributed by atoms with van der Waals surface area (Å²) in [6.07, 6.45) is 25.3. The normalized spacial score (nSPS) is 11.3. The molecule has 0 unspecified atom stereocenters. The SMILES string of the molecule is CCCCCCCCCCCCC[n+]1ccn(CCCCCC)c1-c1ccccc1. The first-order valence-corrected chi connectivity index (χ1v) is 13.0. The molecule has 0 aliphatic heterocycles. The fraction of sp³-hybridized carbons (Fsp3) is 0.679. The van der Waals surface area contributed by atoms with Gasteiger partial charge in [-0.25, -0.2) is 9.13 Å². The largest absolute Gasteiger partial charge is 0.288 e. The summed E-state index contributed by atoms with van der Waals surface area (Å²) in [5.41, 5.74) is 1.35. The highest BCUT2D eigenvalue weighted by atomic mass is 15.1. The Hall–Kier alpha value is -1.57. The molecule has 0 saturated heterocycles. The number of benzene rings is 1. The molecular weight excluding hydrogens is 364 g/mol. The lowest BCUT2D eigenvalue weighted by Crippen LogP contribution is -2.34. The van der Waals surface area contributed by atoms with E-state index in [0.717, 1.165) is 13.1 Å². The van der Waals surface area contributed by atoms with Crippen LogP contribution in [0.25, 0.3) is 11.4 Å². The predicted molar refractivity (Wildman–Crippen MR) is 131 cm³/mol. The molecule has 0 radical (unpaired) electrons. The van der Waals surface area contributed by atoms with E-state index >= 15 is 0 Å². The molecule has 2 rings (SSSR count). The Morgan fingerprint density at radius 3 is 1.77 bits per heavy atom. The molecule has 0 aliphatic rings. The second-order valence-corrected chi connectivity index (χ2v) is 8.97. The highest BCUT2D eigenvalue weighted by Crippen LogP contribution is 2.18. The zero-order valence-corrected chi connectivity index (χ0v) is 20.0. The number of hydrogen-bond donors (Lipinski definition) is 0. The van der Waals surface area contributed by atoms with Crippen LogP contribution in [-0.2, 0) is 13.1 Å². The van der Waals surface area contributed by atoms with Gasteiger partial charge < -0.3 is 0 Å². The van der Waals surface area contributed by atoms with Crippen LogP contribution >= 0.6 is 0 Å². The van der Waals surface area contributed by atoms with Crippen molar-refractivity contribution >= 4 is 0 Å². The lowest BCUT2D eigenvalue weighted by molar-refractivity contribution is -0.686. The highest BCUT2D eigenvalue weighted by molar-refractivity contribution is 5.52. The molecule has 0 bridgehead atoms. The van der Waals surface area contributed by atoms with Crippen molar-refractivity contribution in [2.75, 3.05) is 0 Å². The van der Waals surface area contributed by atoms with E-state index in [0.29, 0.717) is 0 Å². The number of imidazole rings is 1. The van der Waals surface area contributed by atoms with Crippen molar-refractivity contribution < 1.29 is 4.57 Å². The molecule has 1 aromatic carbocycles. The minimum absolute atomic E-state index is 1.13. The first-order valence-electron chi connectivity index (χ1n) is 13.0. The van der Waals surface area contributed by atoms with E-state index in [9.17, 15) is 0 Å². The molecule has 0 amide bonds. The van der Waals surface area contributed by atoms with Gasteiger partial charge >= 0.3 is 0 Å². The first kappa shape index (κ1) is 24.7. The summed E-state index contributed by atoms with van der Waals surface area (Å²) in [4.78, 5) is 0. The Labute approximate surface area is 186 Å². The second kappa shape index (κ2) is 16.2. The van der Waals surface area contributed by atoms with E-state index in [1.54, 1.807) is 0 Å². The average molecular weight is 412 g/mol.